The molecule has 0 spiro atoms. The molecule has 1 atom stereocenters. The van der Waals surface area contributed by atoms with Gasteiger partial charge in [-0.1, -0.05) is 58.3 Å². The van der Waals surface area contributed by atoms with Gasteiger partial charge in [0.1, 0.15) is 0 Å². The summed E-state index contributed by atoms with van der Waals surface area (Å²) in [5.41, 5.74) is 0. The van der Waals surface area contributed by atoms with Gasteiger partial charge in [-0.05, 0) is 18.8 Å². The monoisotopic (exact) mass is 167 g/mol. The molecular formula is C12H23. The maximum atomic E-state index is 4.26. The summed E-state index contributed by atoms with van der Waals surface area (Å²) in [5.74, 6) is 1.77. The van der Waals surface area contributed by atoms with Crippen molar-refractivity contribution in [3.05, 3.63) is 6.92 Å². The third-order valence-corrected chi connectivity index (χ3v) is 3.24. The summed E-state index contributed by atoms with van der Waals surface area (Å²) in [6.45, 7) is 6.53. The quantitative estimate of drug-likeness (QED) is 0.520. The second kappa shape index (κ2) is 5.61. The maximum Gasteiger partial charge on any atom is -0.0386 e. The van der Waals surface area contributed by atoms with Crippen molar-refractivity contribution in [1.82, 2.24) is 0 Å². The van der Waals surface area contributed by atoms with Crippen LogP contribution in [0.15, 0.2) is 0 Å². The lowest BCUT2D eigenvalue weighted by atomic mass is 9.75. The number of hydrogen-bond donors (Lipinski definition) is 0. The Morgan fingerprint density at radius 3 is 2.50 bits per heavy atom. The second-order valence-electron chi connectivity index (χ2n) is 4.30. The molecule has 0 aromatic rings. The Kier molecular flexibility index (Phi) is 4.72. The van der Waals surface area contributed by atoms with E-state index in [4.69, 9.17) is 0 Å². The molecule has 0 heterocycles. The van der Waals surface area contributed by atoms with Crippen molar-refractivity contribution in [2.45, 2.75) is 58.3 Å². The van der Waals surface area contributed by atoms with Crippen molar-refractivity contribution in [1.29, 1.82) is 0 Å². The summed E-state index contributed by atoms with van der Waals surface area (Å²) in [6, 6.07) is 0. The first kappa shape index (κ1) is 10.1. The fourth-order valence-electron chi connectivity index (χ4n) is 1.98. The van der Waals surface area contributed by atoms with E-state index in [1.807, 2.05) is 0 Å². The van der Waals surface area contributed by atoms with Crippen LogP contribution >= 0.6 is 0 Å². The first-order valence-corrected chi connectivity index (χ1v) is 5.67. The van der Waals surface area contributed by atoms with Crippen molar-refractivity contribution in [2.24, 2.45) is 11.8 Å². The van der Waals surface area contributed by atoms with Gasteiger partial charge in [-0.25, -0.2) is 0 Å². The van der Waals surface area contributed by atoms with Gasteiger partial charge >= 0.3 is 0 Å². The first-order chi connectivity index (χ1) is 5.84. The normalized spacial score (nSPS) is 20.5. The van der Waals surface area contributed by atoms with Gasteiger partial charge in [0.2, 0.25) is 0 Å². The molecule has 0 amide bonds. The Bertz CT molecular complexity index is 103. The molecule has 1 saturated carbocycles. The van der Waals surface area contributed by atoms with Crippen LogP contribution in [-0.2, 0) is 0 Å². The maximum absolute atomic E-state index is 4.26. The van der Waals surface area contributed by atoms with E-state index < -0.39 is 0 Å². The van der Waals surface area contributed by atoms with E-state index in [0.29, 0.717) is 0 Å². The van der Waals surface area contributed by atoms with Crippen molar-refractivity contribution in [2.75, 3.05) is 0 Å². The Hall–Kier alpha value is 0. The predicted octanol–water partition coefficient (Wildman–Crippen LogP) is 4.21. The third-order valence-electron chi connectivity index (χ3n) is 3.24. The van der Waals surface area contributed by atoms with Gasteiger partial charge in [-0.2, -0.15) is 0 Å². The minimum absolute atomic E-state index is 0.774. The van der Waals surface area contributed by atoms with Gasteiger partial charge in [-0.15, -0.1) is 0 Å². The minimum atomic E-state index is 0.774. The molecule has 1 unspecified atom stereocenters. The van der Waals surface area contributed by atoms with Crippen LogP contribution < -0.4 is 0 Å². The summed E-state index contributed by atoms with van der Waals surface area (Å²) >= 11 is 0. The van der Waals surface area contributed by atoms with Crippen LogP contribution in [-0.4, -0.2) is 0 Å². The van der Waals surface area contributed by atoms with E-state index in [1.165, 1.54) is 51.4 Å². The summed E-state index contributed by atoms with van der Waals surface area (Å²) in [4.78, 5) is 0. The number of rotatable bonds is 6. The summed E-state index contributed by atoms with van der Waals surface area (Å²) in [6.07, 6.45) is 11.4. The lowest BCUT2D eigenvalue weighted by molar-refractivity contribution is 0.226. The topological polar surface area (TPSA) is 0 Å². The van der Waals surface area contributed by atoms with E-state index in [-0.39, 0.29) is 0 Å². The standard InChI is InChI=1S/C12H23/c1-3-4-5-6-8-11(2)12-9-7-10-12/h11-12H,2-10H2,1H3. The molecule has 1 rings (SSSR count). The Morgan fingerprint density at radius 1 is 1.25 bits per heavy atom. The van der Waals surface area contributed by atoms with Crippen LogP contribution in [0.4, 0.5) is 0 Å². The Labute approximate surface area is 77.7 Å². The molecule has 0 nitrogen and oxygen atoms in total. The second-order valence-corrected chi connectivity index (χ2v) is 4.30. The molecule has 71 valence electrons. The van der Waals surface area contributed by atoms with Crippen molar-refractivity contribution in [3.8, 4) is 0 Å². The smallest absolute Gasteiger partial charge is 0.0386 e. The zero-order chi connectivity index (χ0) is 8.81. The highest BCUT2D eigenvalue weighted by Crippen LogP contribution is 2.35. The highest BCUT2D eigenvalue weighted by atomic mass is 14.3. The van der Waals surface area contributed by atoms with E-state index in [2.05, 4.69) is 13.8 Å². The molecule has 0 N–H and O–H groups in total. The average Bonchev–Trinajstić information content (AvgIpc) is 1.95. The van der Waals surface area contributed by atoms with Crippen molar-refractivity contribution < 1.29 is 0 Å². The van der Waals surface area contributed by atoms with E-state index in [9.17, 15) is 0 Å². The van der Waals surface area contributed by atoms with Crippen LogP contribution in [0.3, 0.4) is 0 Å². The highest BCUT2D eigenvalue weighted by molar-refractivity contribution is 4.78. The van der Waals surface area contributed by atoms with Crippen LogP contribution in [0.2, 0.25) is 0 Å². The van der Waals surface area contributed by atoms with Gasteiger partial charge in [0.25, 0.3) is 0 Å². The van der Waals surface area contributed by atoms with Crippen LogP contribution in [0.1, 0.15) is 58.3 Å². The third kappa shape index (κ3) is 3.16. The highest BCUT2D eigenvalue weighted by Gasteiger charge is 2.22. The van der Waals surface area contributed by atoms with E-state index >= 15 is 0 Å². The Morgan fingerprint density at radius 2 is 2.00 bits per heavy atom. The molecule has 0 aromatic carbocycles. The van der Waals surface area contributed by atoms with E-state index in [0.717, 1.165) is 11.8 Å². The van der Waals surface area contributed by atoms with Crippen LogP contribution in [0, 0.1) is 18.8 Å². The molecule has 0 bridgehead atoms. The van der Waals surface area contributed by atoms with Crippen molar-refractivity contribution >= 4 is 0 Å². The summed E-state index contributed by atoms with van der Waals surface area (Å²) in [7, 11) is 0. The Balaban J connectivity index is 1.91. The largest absolute Gasteiger partial charge is 0.0654 e. The van der Waals surface area contributed by atoms with Gasteiger partial charge in [0, 0.05) is 0 Å². The lowest BCUT2D eigenvalue weighted by Gasteiger charge is -2.31. The van der Waals surface area contributed by atoms with Crippen LogP contribution in [0.5, 0.6) is 0 Å². The van der Waals surface area contributed by atoms with E-state index in [1.54, 1.807) is 0 Å². The fourth-order valence-corrected chi connectivity index (χ4v) is 1.98. The molecular weight excluding hydrogens is 144 g/mol. The lowest BCUT2D eigenvalue weighted by Crippen LogP contribution is -2.19. The molecule has 1 aliphatic rings. The van der Waals surface area contributed by atoms with Crippen molar-refractivity contribution in [3.63, 3.8) is 0 Å². The van der Waals surface area contributed by atoms with Gasteiger partial charge in [0.15, 0.2) is 0 Å². The fraction of sp³-hybridized carbons (Fsp3) is 0.917. The number of unbranched alkanes of at least 4 members (excludes halogenated alkanes) is 3. The van der Waals surface area contributed by atoms with Gasteiger partial charge in [0.05, 0.1) is 0 Å². The zero-order valence-corrected chi connectivity index (χ0v) is 8.52. The summed E-state index contributed by atoms with van der Waals surface area (Å²) < 4.78 is 0. The molecule has 0 aromatic heterocycles. The summed E-state index contributed by atoms with van der Waals surface area (Å²) in [5, 5.41) is 0. The predicted molar refractivity (Wildman–Crippen MR) is 54.9 cm³/mol. The number of hydrogen-bond acceptors (Lipinski definition) is 0. The molecule has 0 heteroatoms. The molecule has 0 saturated heterocycles. The molecule has 1 fully saturated rings. The minimum Gasteiger partial charge on any atom is -0.0654 e. The SMILES string of the molecule is [CH2]C(CCCCCC)C1CCC1. The molecule has 0 aliphatic heterocycles. The van der Waals surface area contributed by atoms with Crippen LogP contribution in [0.25, 0.3) is 0 Å². The van der Waals surface area contributed by atoms with Gasteiger partial charge in [-0.3, -0.25) is 0 Å². The first-order valence-electron chi connectivity index (χ1n) is 5.67. The zero-order valence-electron chi connectivity index (χ0n) is 8.52. The average molecular weight is 167 g/mol. The molecule has 1 radical (unpaired) electrons. The molecule has 12 heavy (non-hydrogen) atoms. The molecule has 1 aliphatic carbocycles. The van der Waals surface area contributed by atoms with Gasteiger partial charge < -0.3 is 0 Å².